The van der Waals surface area contributed by atoms with Crippen molar-refractivity contribution in [2.24, 2.45) is 0 Å². The Bertz CT molecular complexity index is 987. The largest absolute Gasteiger partial charge is 0.456 e. The molecule has 0 amide bonds. The van der Waals surface area contributed by atoms with Crippen LogP contribution in [0.25, 0.3) is 0 Å². The van der Waals surface area contributed by atoms with Crippen molar-refractivity contribution >= 4 is 23.9 Å². The van der Waals surface area contributed by atoms with E-state index in [1.54, 1.807) is 12.1 Å². The monoisotopic (exact) mass is 480 g/mol. The first kappa shape index (κ1) is 26.8. The quantitative estimate of drug-likeness (QED) is 0.415. The van der Waals surface area contributed by atoms with Gasteiger partial charge in [0.15, 0.2) is 11.9 Å². The minimum Gasteiger partial charge on any atom is -0.456 e. The molecule has 1 aromatic rings. The Morgan fingerprint density at radius 3 is 1.76 bits per heavy atom. The first-order chi connectivity index (χ1) is 15.9. The van der Waals surface area contributed by atoms with E-state index in [0.717, 1.165) is 33.3 Å². The van der Waals surface area contributed by atoms with Crippen LogP contribution in [-0.2, 0) is 42.9 Å². The summed E-state index contributed by atoms with van der Waals surface area (Å²) in [5.74, 6) is -3.30. The van der Waals surface area contributed by atoms with Crippen LogP contribution in [0.15, 0.2) is 29.1 Å². The summed E-state index contributed by atoms with van der Waals surface area (Å²) in [4.78, 5) is 59.8. The minimum absolute atomic E-state index is 0.0684. The van der Waals surface area contributed by atoms with Crippen molar-refractivity contribution in [1.82, 2.24) is 0 Å². The fourth-order valence-corrected chi connectivity index (χ4v) is 3.27. The van der Waals surface area contributed by atoms with Crippen molar-refractivity contribution in [3.63, 3.8) is 0 Å². The van der Waals surface area contributed by atoms with Gasteiger partial charge in [0.1, 0.15) is 0 Å². The highest BCUT2D eigenvalue weighted by atomic mass is 16.8. The van der Waals surface area contributed by atoms with Crippen LogP contribution in [0.3, 0.4) is 0 Å². The molecule has 2 rings (SSSR count). The van der Waals surface area contributed by atoms with E-state index in [9.17, 15) is 24.0 Å². The number of carbonyl (C=O) groups is 4. The molecular formula is C23H28O11. The van der Waals surface area contributed by atoms with Crippen LogP contribution in [0.2, 0.25) is 0 Å². The molecule has 1 aliphatic heterocycles. The first-order valence-corrected chi connectivity index (χ1v) is 10.5. The Morgan fingerprint density at radius 1 is 0.765 bits per heavy atom. The van der Waals surface area contributed by atoms with Gasteiger partial charge in [0.25, 0.3) is 0 Å². The topological polar surface area (TPSA) is 141 Å². The fraction of sp³-hybridized carbons (Fsp3) is 0.522. The van der Waals surface area contributed by atoms with Gasteiger partial charge in [0, 0.05) is 27.7 Å². The van der Waals surface area contributed by atoms with Crippen LogP contribution in [0.1, 0.15) is 53.0 Å². The average Bonchev–Trinajstić information content (AvgIpc) is 2.87. The maximum Gasteiger partial charge on any atom is 0.305 e. The van der Waals surface area contributed by atoms with Gasteiger partial charge in [-0.05, 0) is 23.6 Å². The Morgan fingerprint density at radius 2 is 1.26 bits per heavy atom. The third-order valence-corrected chi connectivity index (χ3v) is 4.63. The number of hydrogen-bond acceptors (Lipinski definition) is 11. The number of hydrogen-bond donors (Lipinski definition) is 0. The van der Waals surface area contributed by atoms with Crippen molar-refractivity contribution in [3.05, 3.63) is 40.1 Å². The molecule has 0 aromatic heterocycles. The number of ether oxygens (including phenoxy) is 6. The second kappa shape index (κ2) is 11.6. The molecule has 1 heterocycles. The first-order valence-electron chi connectivity index (χ1n) is 10.5. The lowest BCUT2D eigenvalue weighted by Gasteiger charge is -2.43. The standard InChI is InChI=1S/C23H28O11/c1-11(2)16-8-7-9-18(17(28)10-16)33-23-21(31-14(5)26)19(29-12(3)24)20(30-13(4)25)22(34-23)32-15(6)27/h7-11,19-23H,1-6H3/t19-,20-,21+,22-,23+/m0/s1. The summed E-state index contributed by atoms with van der Waals surface area (Å²) < 4.78 is 32.2. The van der Waals surface area contributed by atoms with Crippen LogP contribution < -0.4 is 10.2 Å². The summed E-state index contributed by atoms with van der Waals surface area (Å²) in [6.45, 7) is 8.18. The molecule has 0 unspecified atom stereocenters. The zero-order chi connectivity index (χ0) is 25.6. The van der Waals surface area contributed by atoms with Gasteiger partial charge in [-0.3, -0.25) is 28.7 Å². The van der Waals surface area contributed by atoms with E-state index in [0.29, 0.717) is 0 Å². The van der Waals surface area contributed by atoms with E-state index in [1.807, 2.05) is 13.8 Å². The Labute approximate surface area is 196 Å². The van der Waals surface area contributed by atoms with Crippen molar-refractivity contribution < 1.29 is 47.6 Å². The van der Waals surface area contributed by atoms with E-state index in [-0.39, 0.29) is 11.7 Å². The molecule has 1 fully saturated rings. The van der Waals surface area contributed by atoms with E-state index in [4.69, 9.17) is 28.4 Å². The highest BCUT2D eigenvalue weighted by Crippen LogP contribution is 2.30. The molecule has 0 radical (unpaired) electrons. The average molecular weight is 480 g/mol. The van der Waals surface area contributed by atoms with Gasteiger partial charge in [0.05, 0.1) is 0 Å². The second-order valence-electron chi connectivity index (χ2n) is 7.88. The summed E-state index contributed by atoms with van der Waals surface area (Å²) in [6.07, 6.45) is -7.61. The van der Waals surface area contributed by atoms with Crippen molar-refractivity contribution in [1.29, 1.82) is 0 Å². The van der Waals surface area contributed by atoms with Crippen LogP contribution in [0.5, 0.6) is 5.75 Å². The van der Waals surface area contributed by atoms with Crippen LogP contribution in [0, 0.1) is 0 Å². The third kappa shape index (κ3) is 7.27. The van der Waals surface area contributed by atoms with Crippen LogP contribution in [-0.4, -0.2) is 54.8 Å². The molecule has 0 bridgehead atoms. The maximum absolute atomic E-state index is 12.7. The molecule has 0 spiro atoms. The molecule has 11 nitrogen and oxygen atoms in total. The van der Waals surface area contributed by atoms with E-state index in [2.05, 4.69) is 0 Å². The van der Waals surface area contributed by atoms with E-state index < -0.39 is 60.2 Å². The van der Waals surface area contributed by atoms with E-state index >= 15 is 0 Å². The third-order valence-electron chi connectivity index (χ3n) is 4.63. The highest BCUT2D eigenvalue weighted by molar-refractivity contribution is 5.69. The van der Waals surface area contributed by atoms with Gasteiger partial charge in [-0.1, -0.05) is 26.0 Å². The maximum atomic E-state index is 12.7. The second-order valence-corrected chi connectivity index (χ2v) is 7.88. The molecule has 1 aromatic carbocycles. The Balaban J connectivity index is 2.55. The molecule has 34 heavy (non-hydrogen) atoms. The summed E-state index contributed by atoms with van der Waals surface area (Å²) in [6, 6.07) is 6.12. The van der Waals surface area contributed by atoms with Gasteiger partial charge < -0.3 is 23.7 Å². The SMILES string of the molecule is CC(=O)O[C@H]1O[C@@H](Oc2cccc(C(C)C)cc2=O)[C@H](OC(C)=O)[C@@H](OC(C)=O)[C@@H]1OC(C)=O. The predicted octanol–water partition coefficient (Wildman–Crippen LogP) is 1.59. The van der Waals surface area contributed by atoms with Crippen molar-refractivity contribution in [3.8, 4) is 5.75 Å². The molecule has 0 aliphatic carbocycles. The van der Waals surface area contributed by atoms with E-state index in [1.165, 1.54) is 12.1 Å². The smallest absolute Gasteiger partial charge is 0.305 e. The predicted molar refractivity (Wildman–Crippen MR) is 115 cm³/mol. The molecule has 186 valence electrons. The molecule has 11 heteroatoms. The lowest BCUT2D eigenvalue weighted by atomic mass is 10.0. The molecular weight excluding hydrogens is 452 g/mol. The van der Waals surface area contributed by atoms with Crippen molar-refractivity contribution in [2.75, 3.05) is 0 Å². The Kier molecular flexibility index (Phi) is 9.13. The summed E-state index contributed by atoms with van der Waals surface area (Å²) in [5.41, 5.74) is 0.264. The van der Waals surface area contributed by atoms with Gasteiger partial charge in [0.2, 0.25) is 30.2 Å². The molecule has 1 saturated heterocycles. The van der Waals surface area contributed by atoms with Gasteiger partial charge in [-0.25, -0.2) is 0 Å². The molecule has 0 N–H and O–H groups in total. The molecule has 0 saturated carbocycles. The van der Waals surface area contributed by atoms with Crippen molar-refractivity contribution in [2.45, 2.75) is 78.4 Å². The molecule has 5 atom stereocenters. The minimum atomic E-state index is -1.60. The summed E-state index contributed by atoms with van der Waals surface area (Å²) in [5, 5.41) is 0. The van der Waals surface area contributed by atoms with Gasteiger partial charge in [-0.15, -0.1) is 0 Å². The number of carbonyl (C=O) groups excluding carboxylic acids is 4. The van der Waals surface area contributed by atoms with Gasteiger partial charge >= 0.3 is 23.9 Å². The summed E-state index contributed by atoms with van der Waals surface area (Å²) >= 11 is 0. The zero-order valence-corrected chi connectivity index (χ0v) is 19.8. The van der Waals surface area contributed by atoms with Crippen LogP contribution >= 0.6 is 0 Å². The zero-order valence-electron chi connectivity index (χ0n) is 19.8. The lowest BCUT2D eigenvalue weighted by Crippen LogP contribution is -2.63. The number of esters is 4. The number of rotatable bonds is 7. The Hall–Kier alpha value is -3.47. The van der Waals surface area contributed by atoms with Crippen LogP contribution in [0.4, 0.5) is 0 Å². The lowest BCUT2D eigenvalue weighted by molar-refractivity contribution is -0.328. The highest BCUT2D eigenvalue weighted by Gasteiger charge is 2.54. The normalized spacial score (nSPS) is 24.0. The summed E-state index contributed by atoms with van der Waals surface area (Å²) in [7, 11) is 0. The fourth-order valence-electron chi connectivity index (χ4n) is 3.27. The molecule has 1 aliphatic rings. The van der Waals surface area contributed by atoms with Gasteiger partial charge in [-0.2, -0.15) is 0 Å².